The minimum Gasteiger partial charge on any atom is -0.0625 e. The molecule has 1 aliphatic carbocycles. The van der Waals surface area contributed by atoms with E-state index in [1.165, 1.54) is 27.8 Å². The molecule has 0 saturated carbocycles. The van der Waals surface area contributed by atoms with Gasteiger partial charge in [0.15, 0.2) is 0 Å². The van der Waals surface area contributed by atoms with Gasteiger partial charge in [-0.2, -0.15) is 0 Å². The summed E-state index contributed by atoms with van der Waals surface area (Å²) in [5.74, 6) is 0.669. The van der Waals surface area contributed by atoms with Crippen LogP contribution in [0.25, 0.3) is 17.2 Å². The van der Waals surface area contributed by atoms with Gasteiger partial charge in [0.2, 0.25) is 0 Å². The molecule has 0 spiro atoms. The van der Waals surface area contributed by atoms with Gasteiger partial charge in [0.1, 0.15) is 0 Å². The summed E-state index contributed by atoms with van der Waals surface area (Å²) in [6.45, 7) is 11.6. The lowest BCUT2D eigenvalue weighted by atomic mass is 9.85. The van der Waals surface area contributed by atoms with Crippen LogP contribution in [0.1, 0.15) is 51.3 Å². The summed E-state index contributed by atoms with van der Waals surface area (Å²) in [5, 5.41) is 0. The standard InChI is InChI=1S/C23H28/c1-16(2)13-19-12-11-18-14-20(23(3,4)5)15-21(18)22(19)17-9-7-6-8-10-17/h6-12,15-16H,13-14H2,1-5H3. The van der Waals surface area contributed by atoms with Gasteiger partial charge in [0.25, 0.3) is 0 Å². The Morgan fingerprint density at radius 2 is 1.65 bits per heavy atom. The van der Waals surface area contributed by atoms with E-state index in [4.69, 9.17) is 0 Å². The first-order valence-corrected chi connectivity index (χ1v) is 8.77. The Kier molecular flexibility index (Phi) is 4.19. The molecule has 0 unspecified atom stereocenters. The van der Waals surface area contributed by atoms with Gasteiger partial charge in [-0.1, -0.05) is 88.7 Å². The fraction of sp³-hybridized carbons (Fsp3) is 0.391. The third-order valence-electron chi connectivity index (χ3n) is 4.78. The van der Waals surface area contributed by atoms with Gasteiger partial charge in [-0.05, 0) is 52.0 Å². The molecule has 2 aromatic carbocycles. The Balaban J connectivity index is 2.19. The number of allylic oxidation sites excluding steroid dienone is 1. The molecular weight excluding hydrogens is 276 g/mol. The summed E-state index contributed by atoms with van der Waals surface area (Å²) in [6, 6.07) is 15.6. The Morgan fingerprint density at radius 1 is 0.957 bits per heavy atom. The lowest BCUT2D eigenvalue weighted by molar-refractivity contribution is 0.498. The summed E-state index contributed by atoms with van der Waals surface area (Å²) >= 11 is 0. The maximum Gasteiger partial charge on any atom is -0.00523 e. The molecule has 0 aliphatic heterocycles. The molecule has 120 valence electrons. The summed E-state index contributed by atoms with van der Waals surface area (Å²) in [5.41, 5.74) is 9.02. The lowest BCUT2D eigenvalue weighted by Gasteiger charge is -2.19. The molecule has 0 radical (unpaired) electrons. The van der Waals surface area contributed by atoms with Crippen LogP contribution in [0.5, 0.6) is 0 Å². The van der Waals surface area contributed by atoms with E-state index in [0.717, 1.165) is 12.8 Å². The molecule has 0 N–H and O–H groups in total. The number of benzene rings is 2. The van der Waals surface area contributed by atoms with Crippen molar-refractivity contribution in [1.82, 2.24) is 0 Å². The fourth-order valence-corrected chi connectivity index (χ4v) is 3.49. The van der Waals surface area contributed by atoms with Crippen molar-refractivity contribution >= 4 is 6.08 Å². The average molecular weight is 304 g/mol. The van der Waals surface area contributed by atoms with Crippen molar-refractivity contribution in [2.24, 2.45) is 11.3 Å². The molecule has 0 amide bonds. The molecule has 1 aliphatic rings. The van der Waals surface area contributed by atoms with Gasteiger partial charge >= 0.3 is 0 Å². The van der Waals surface area contributed by atoms with Gasteiger partial charge < -0.3 is 0 Å². The molecule has 0 nitrogen and oxygen atoms in total. The Hall–Kier alpha value is -1.82. The van der Waals surface area contributed by atoms with E-state index in [2.05, 4.69) is 83.2 Å². The first kappa shape index (κ1) is 16.1. The van der Waals surface area contributed by atoms with E-state index in [-0.39, 0.29) is 5.41 Å². The van der Waals surface area contributed by atoms with E-state index in [9.17, 15) is 0 Å². The van der Waals surface area contributed by atoms with Crippen molar-refractivity contribution in [3.63, 3.8) is 0 Å². The van der Waals surface area contributed by atoms with Crippen LogP contribution in [0.15, 0.2) is 48.0 Å². The number of hydrogen-bond acceptors (Lipinski definition) is 0. The first-order chi connectivity index (χ1) is 10.9. The van der Waals surface area contributed by atoms with Gasteiger partial charge in [-0.3, -0.25) is 0 Å². The second-order valence-corrected chi connectivity index (χ2v) is 8.23. The maximum absolute atomic E-state index is 2.46. The quantitative estimate of drug-likeness (QED) is 0.604. The highest BCUT2D eigenvalue weighted by molar-refractivity contribution is 5.83. The van der Waals surface area contributed by atoms with Crippen LogP contribution in [0, 0.1) is 11.3 Å². The van der Waals surface area contributed by atoms with Crippen LogP contribution < -0.4 is 0 Å². The van der Waals surface area contributed by atoms with E-state index in [1.807, 2.05) is 0 Å². The highest BCUT2D eigenvalue weighted by Gasteiger charge is 2.25. The van der Waals surface area contributed by atoms with Crippen LogP contribution in [-0.4, -0.2) is 0 Å². The zero-order chi connectivity index (χ0) is 16.6. The molecule has 0 heterocycles. The Morgan fingerprint density at radius 3 is 2.26 bits per heavy atom. The van der Waals surface area contributed by atoms with E-state index < -0.39 is 0 Å². The topological polar surface area (TPSA) is 0 Å². The van der Waals surface area contributed by atoms with E-state index in [0.29, 0.717) is 5.92 Å². The van der Waals surface area contributed by atoms with Crippen molar-refractivity contribution in [3.05, 3.63) is 64.7 Å². The molecule has 0 atom stereocenters. The summed E-state index contributed by atoms with van der Waals surface area (Å²) in [4.78, 5) is 0. The van der Waals surface area contributed by atoms with Crippen molar-refractivity contribution in [2.75, 3.05) is 0 Å². The Labute approximate surface area is 141 Å². The molecule has 23 heavy (non-hydrogen) atoms. The molecule has 0 saturated heterocycles. The van der Waals surface area contributed by atoms with Crippen LogP contribution in [0.3, 0.4) is 0 Å². The highest BCUT2D eigenvalue weighted by Crippen LogP contribution is 2.42. The van der Waals surface area contributed by atoms with Crippen LogP contribution >= 0.6 is 0 Å². The number of hydrogen-bond donors (Lipinski definition) is 0. The van der Waals surface area contributed by atoms with Gasteiger partial charge in [0, 0.05) is 0 Å². The predicted octanol–water partition coefficient (Wildman–Crippen LogP) is 6.54. The average Bonchev–Trinajstić information content (AvgIpc) is 2.91. The predicted molar refractivity (Wildman–Crippen MR) is 102 cm³/mol. The first-order valence-electron chi connectivity index (χ1n) is 8.77. The van der Waals surface area contributed by atoms with Crippen LogP contribution in [0.2, 0.25) is 0 Å². The number of rotatable bonds is 3. The molecule has 2 aromatic rings. The second kappa shape index (κ2) is 6.00. The molecule has 3 rings (SSSR count). The van der Waals surface area contributed by atoms with E-state index >= 15 is 0 Å². The largest absolute Gasteiger partial charge is 0.0625 e. The third kappa shape index (κ3) is 3.27. The summed E-state index contributed by atoms with van der Waals surface area (Å²) in [7, 11) is 0. The number of fused-ring (bicyclic) bond motifs is 1. The van der Waals surface area contributed by atoms with Crippen molar-refractivity contribution in [3.8, 4) is 11.1 Å². The van der Waals surface area contributed by atoms with E-state index in [1.54, 1.807) is 5.57 Å². The van der Waals surface area contributed by atoms with Gasteiger partial charge in [-0.15, -0.1) is 0 Å². The monoisotopic (exact) mass is 304 g/mol. The SMILES string of the molecule is CC(C)Cc1ccc2c(c1-c1ccccc1)C=C(C(C)(C)C)C2. The lowest BCUT2D eigenvalue weighted by Crippen LogP contribution is -2.08. The third-order valence-corrected chi connectivity index (χ3v) is 4.78. The van der Waals surface area contributed by atoms with Crippen LogP contribution in [-0.2, 0) is 12.8 Å². The minimum absolute atomic E-state index is 0.241. The van der Waals surface area contributed by atoms with Crippen molar-refractivity contribution < 1.29 is 0 Å². The normalized spacial score (nSPS) is 14.1. The second-order valence-electron chi connectivity index (χ2n) is 8.23. The molecule has 0 bridgehead atoms. The van der Waals surface area contributed by atoms with Crippen LogP contribution in [0.4, 0.5) is 0 Å². The molecule has 0 aromatic heterocycles. The summed E-state index contributed by atoms with van der Waals surface area (Å²) < 4.78 is 0. The smallest absolute Gasteiger partial charge is 0.00523 e. The molecule has 0 heteroatoms. The molecule has 0 fully saturated rings. The zero-order valence-electron chi connectivity index (χ0n) is 15.1. The van der Waals surface area contributed by atoms with Gasteiger partial charge in [0.05, 0.1) is 0 Å². The maximum atomic E-state index is 2.46. The zero-order valence-corrected chi connectivity index (χ0v) is 15.1. The minimum atomic E-state index is 0.241. The Bertz CT molecular complexity index is 725. The van der Waals surface area contributed by atoms with Crippen molar-refractivity contribution in [1.29, 1.82) is 0 Å². The fourth-order valence-electron chi connectivity index (χ4n) is 3.49. The van der Waals surface area contributed by atoms with Crippen molar-refractivity contribution in [2.45, 2.75) is 47.5 Å². The summed E-state index contributed by atoms with van der Waals surface area (Å²) in [6.07, 6.45) is 4.69. The van der Waals surface area contributed by atoms with Gasteiger partial charge in [-0.25, -0.2) is 0 Å². The molecular formula is C23H28. The highest BCUT2D eigenvalue weighted by atomic mass is 14.3.